The zero-order valence-corrected chi connectivity index (χ0v) is 10.4. The first-order valence-electron chi connectivity index (χ1n) is 3.92. The molecule has 0 aliphatic carbocycles. The van der Waals surface area contributed by atoms with Gasteiger partial charge in [0.1, 0.15) is 0 Å². The monoisotopic (exact) mass is 333 g/mol. The average molecular weight is 334 g/mol. The van der Waals surface area contributed by atoms with Crippen molar-refractivity contribution < 1.29 is 9.59 Å². The van der Waals surface area contributed by atoms with Crippen molar-refractivity contribution in [3.05, 3.63) is 32.4 Å². The molecule has 0 heterocycles. The Kier molecular flexibility index (Phi) is 4.24. The number of Topliss-reactive ketones (excluding diaryl/α,β-unsaturated/α-hetero) is 1. The number of hydrogen-bond donors (Lipinski definition) is 0. The maximum absolute atomic E-state index is 11.3. The van der Waals surface area contributed by atoms with Crippen molar-refractivity contribution in [2.75, 3.05) is 5.88 Å². The number of halogens is 2. The number of carbonyl (C=O) groups excluding carboxylic acids is 2. The van der Waals surface area contributed by atoms with Crippen LogP contribution in [0, 0.1) is 14.9 Å². The largest absolute Gasteiger partial charge is 0.298 e. The smallest absolute Gasteiger partial charge is 0.177 e. The van der Waals surface area contributed by atoms with Gasteiger partial charge >= 0.3 is 0 Å². The third kappa shape index (κ3) is 2.55. The Bertz CT molecular complexity index is 465. The zero-order chi connectivity index (χ0) is 11.4. The number of hydrogen-bond acceptors (Lipinski definition) is 3. The van der Waals surface area contributed by atoms with Gasteiger partial charge in [-0.2, -0.15) is 5.26 Å². The summed E-state index contributed by atoms with van der Waals surface area (Å²) in [7, 11) is 0. The molecule has 1 rings (SSSR count). The van der Waals surface area contributed by atoms with Gasteiger partial charge in [-0.3, -0.25) is 9.59 Å². The average Bonchev–Trinajstić information content (AvgIpc) is 2.26. The van der Waals surface area contributed by atoms with E-state index < -0.39 is 0 Å². The van der Waals surface area contributed by atoms with Gasteiger partial charge in [0.25, 0.3) is 0 Å². The summed E-state index contributed by atoms with van der Waals surface area (Å²) < 4.78 is 0.579. The highest BCUT2D eigenvalue weighted by atomic mass is 127. The van der Waals surface area contributed by atoms with Crippen molar-refractivity contribution in [1.82, 2.24) is 0 Å². The third-order valence-electron chi connectivity index (χ3n) is 1.81. The molecule has 5 heteroatoms. The number of ketones is 1. The normalized spacial score (nSPS) is 9.40. The molecule has 0 amide bonds. The molecule has 0 spiro atoms. The van der Waals surface area contributed by atoms with Gasteiger partial charge in [-0.1, -0.05) is 0 Å². The van der Waals surface area contributed by atoms with Crippen molar-refractivity contribution in [2.24, 2.45) is 0 Å². The zero-order valence-electron chi connectivity index (χ0n) is 7.46. The molecule has 1 aromatic rings. The Morgan fingerprint density at radius 1 is 1.60 bits per heavy atom. The summed E-state index contributed by atoms with van der Waals surface area (Å²) in [5.41, 5.74) is 0.867. The topological polar surface area (TPSA) is 57.9 Å². The summed E-state index contributed by atoms with van der Waals surface area (Å²) in [4.78, 5) is 22.0. The fraction of sp³-hybridized carbons (Fsp3) is 0.100. The molecular weight excluding hydrogens is 328 g/mol. The molecule has 3 nitrogen and oxygen atoms in total. The van der Waals surface area contributed by atoms with Gasteiger partial charge in [0.2, 0.25) is 0 Å². The highest BCUT2D eigenvalue weighted by Gasteiger charge is 2.12. The van der Waals surface area contributed by atoms with Crippen LogP contribution in [0.2, 0.25) is 0 Å². The first-order chi connectivity index (χ1) is 7.13. The van der Waals surface area contributed by atoms with Crippen LogP contribution in [-0.4, -0.2) is 17.9 Å². The van der Waals surface area contributed by atoms with Gasteiger partial charge in [-0.05, 0) is 34.7 Å². The Morgan fingerprint density at radius 3 is 2.73 bits per heavy atom. The summed E-state index contributed by atoms with van der Waals surface area (Å²) in [5.74, 6) is -0.398. The number of rotatable bonds is 3. The van der Waals surface area contributed by atoms with Crippen molar-refractivity contribution in [3.63, 3.8) is 0 Å². The molecule has 1 aromatic carbocycles. The van der Waals surface area contributed by atoms with Gasteiger partial charge in [0, 0.05) is 14.7 Å². The SMILES string of the molecule is N#Cc1cc(C(=O)CCl)cc(I)c1C=O. The second-order valence-corrected chi connectivity index (χ2v) is 4.14. The predicted molar refractivity (Wildman–Crippen MR) is 64.3 cm³/mol. The lowest BCUT2D eigenvalue weighted by Crippen LogP contribution is -2.04. The molecule has 0 saturated heterocycles. The lowest BCUT2D eigenvalue weighted by Gasteiger charge is -2.03. The molecular formula is C10H5ClINO2. The van der Waals surface area contributed by atoms with Gasteiger partial charge in [-0.25, -0.2) is 0 Å². The van der Waals surface area contributed by atoms with Crippen molar-refractivity contribution in [3.8, 4) is 6.07 Å². The molecule has 0 aromatic heterocycles. The van der Waals surface area contributed by atoms with Gasteiger partial charge in [0.05, 0.1) is 17.5 Å². The van der Waals surface area contributed by atoms with Crippen LogP contribution in [-0.2, 0) is 0 Å². The van der Waals surface area contributed by atoms with Crippen LogP contribution in [0.1, 0.15) is 26.3 Å². The molecule has 15 heavy (non-hydrogen) atoms. The molecule has 0 aliphatic heterocycles. The Morgan fingerprint density at radius 2 is 2.27 bits per heavy atom. The Labute approximate surface area is 105 Å². The summed E-state index contributed by atoms with van der Waals surface area (Å²) in [6.07, 6.45) is 0.606. The van der Waals surface area contributed by atoms with E-state index >= 15 is 0 Å². The maximum Gasteiger partial charge on any atom is 0.177 e. The van der Waals surface area contributed by atoms with E-state index in [1.165, 1.54) is 6.07 Å². The minimum atomic E-state index is -0.261. The molecule has 0 N–H and O–H groups in total. The van der Waals surface area contributed by atoms with E-state index in [0.717, 1.165) is 0 Å². The van der Waals surface area contributed by atoms with Crippen molar-refractivity contribution in [2.45, 2.75) is 0 Å². The van der Waals surface area contributed by atoms with Crippen LogP contribution in [0.3, 0.4) is 0 Å². The lowest BCUT2D eigenvalue weighted by atomic mass is 10.0. The minimum absolute atomic E-state index is 0.138. The fourth-order valence-corrected chi connectivity index (χ4v) is 1.98. The standard InChI is InChI=1S/C10H5ClINO2/c11-3-10(15)6-1-7(4-13)8(5-14)9(12)2-6/h1-2,5H,3H2. The van der Waals surface area contributed by atoms with E-state index in [2.05, 4.69) is 0 Å². The summed E-state index contributed by atoms with van der Waals surface area (Å²) >= 11 is 7.31. The third-order valence-corrected chi connectivity index (χ3v) is 2.95. The van der Waals surface area contributed by atoms with Crippen LogP contribution >= 0.6 is 34.2 Å². The van der Waals surface area contributed by atoms with Crippen LogP contribution in [0.5, 0.6) is 0 Å². The maximum atomic E-state index is 11.3. The number of alkyl halides is 1. The summed E-state index contributed by atoms with van der Waals surface area (Å²) in [6, 6.07) is 4.81. The molecule has 0 unspecified atom stereocenters. The molecule has 0 saturated carbocycles. The Balaban J connectivity index is 3.40. The second-order valence-electron chi connectivity index (χ2n) is 2.71. The highest BCUT2D eigenvalue weighted by molar-refractivity contribution is 14.1. The summed E-state index contributed by atoms with van der Waals surface area (Å²) in [6.45, 7) is 0. The van der Waals surface area contributed by atoms with E-state index in [1.807, 2.05) is 28.7 Å². The van der Waals surface area contributed by atoms with E-state index in [-0.39, 0.29) is 17.2 Å². The van der Waals surface area contributed by atoms with E-state index in [9.17, 15) is 9.59 Å². The minimum Gasteiger partial charge on any atom is -0.298 e. The quantitative estimate of drug-likeness (QED) is 0.369. The summed E-state index contributed by atoms with van der Waals surface area (Å²) in [5, 5.41) is 8.80. The molecule has 0 aliphatic rings. The fourth-order valence-electron chi connectivity index (χ4n) is 1.07. The van der Waals surface area contributed by atoms with Crippen molar-refractivity contribution in [1.29, 1.82) is 5.26 Å². The van der Waals surface area contributed by atoms with E-state index in [4.69, 9.17) is 16.9 Å². The highest BCUT2D eigenvalue weighted by Crippen LogP contribution is 2.18. The van der Waals surface area contributed by atoms with Crippen molar-refractivity contribution >= 4 is 46.3 Å². The number of aldehydes is 1. The van der Waals surface area contributed by atoms with Crippen LogP contribution in [0.25, 0.3) is 0 Å². The second kappa shape index (κ2) is 5.24. The van der Waals surface area contributed by atoms with Gasteiger partial charge in [0.15, 0.2) is 12.1 Å². The number of carbonyl (C=O) groups is 2. The Hall–Kier alpha value is -0.930. The van der Waals surface area contributed by atoms with Crippen LogP contribution in [0.15, 0.2) is 12.1 Å². The molecule has 76 valence electrons. The molecule has 0 atom stereocenters. The lowest BCUT2D eigenvalue weighted by molar-refractivity contribution is 0.101. The van der Waals surface area contributed by atoms with Crippen LogP contribution in [0.4, 0.5) is 0 Å². The number of nitrogens with zero attached hydrogens (tertiary/aromatic N) is 1. The molecule has 0 bridgehead atoms. The number of benzene rings is 1. The first-order valence-corrected chi connectivity index (χ1v) is 5.53. The van der Waals surface area contributed by atoms with Gasteiger partial charge < -0.3 is 0 Å². The van der Waals surface area contributed by atoms with Gasteiger partial charge in [-0.15, -0.1) is 11.6 Å². The molecule has 0 radical (unpaired) electrons. The van der Waals surface area contributed by atoms with Crippen LogP contribution < -0.4 is 0 Å². The first kappa shape index (κ1) is 12.1. The predicted octanol–water partition coefficient (Wildman–Crippen LogP) is 2.40. The number of nitriles is 1. The van der Waals surface area contributed by atoms with E-state index in [0.29, 0.717) is 21.0 Å². The molecule has 0 fully saturated rings. The van der Waals surface area contributed by atoms with E-state index in [1.54, 1.807) is 6.07 Å².